The van der Waals surface area contributed by atoms with E-state index in [-0.39, 0.29) is 31.2 Å². The first-order chi connectivity index (χ1) is 12.5. The van der Waals surface area contributed by atoms with Crippen LogP contribution in [0.3, 0.4) is 0 Å². The Labute approximate surface area is 149 Å². The molecule has 0 spiro atoms. The maximum absolute atomic E-state index is 13.8. The van der Waals surface area contributed by atoms with Gasteiger partial charge < -0.3 is 14.1 Å². The Morgan fingerprint density at radius 1 is 1.27 bits per heavy atom. The average Bonchev–Trinajstić information content (AvgIpc) is 2.95. The van der Waals surface area contributed by atoms with E-state index in [4.69, 9.17) is 9.15 Å². The fraction of sp³-hybridized carbons (Fsp3) is 0.263. The van der Waals surface area contributed by atoms with Crippen molar-refractivity contribution in [3.05, 3.63) is 64.4 Å². The smallest absolute Gasteiger partial charge is 0.419 e. The second-order valence-corrected chi connectivity index (χ2v) is 5.96. The van der Waals surface area contributed by atoms with E-state index in [1.165, 1.54) is 28.7 Å². The molecule has 1 aromatic heterocycles. The van der Waals surface area contributed by atoms with Crippen molar-refractivity contribution in [2.75, 3.05) is 14.2 Å². The third kappa shape index (κ3) is 3.61. The van der Waals surface area contributed by atoms with Gasteiger partial charge in [-0.3, -0.25) is 9.36 Å². The van der Waals surface area contributed by atoms with Crippen LogP contribution in [0.4, 0.5) is 4.39 Å². The number of amides is 1. The summed E-state index contributed by atoms with van der Waals surface area (Å²) in [5.41, 5.74) is 1.81. The Kier molecular flexibility index (Phi) is 5.06. The Hall–Kier alpha value is -3.09. The number of methoxy groups -OCH3 is 1. The highest BCUT2D eigenvalue weighted by molar-refractivity contribution is 5.76. The lowest BCUT2D eigenvalue weighted by Crippen LogP contribution is -2.28. The minimum absolute atomic E-state index is 0.137. The summed E-state index contributed by atoms with van der Waals surface area (Å²) in [7, 11) is 3.04. The number of fused-ring (bicyclic) bond motifs is 1. The number of para-hydroxylation sites is 2. The highest BCUT2D eigenvalue weighted by Crippen LogP contribution is 2.19. The number of carbonyl (C=O) groups excluding carboxylic acids is 1. The standard InChI is InChI=1S/C19H19FN2O4/c1-21(12-13-7-8-16(25-2)14(20)11-13)18(23)9-10-22-15-5-3-4-6-17(15)26-19(22)24/h3-8,11H,9-10,12H2,1-2H3. The van der Waals surface area contributed by atoms with Crippen molar-refractivity contribution < 1.29 is 18.3 Å². The number of nitrogens with zero attached hydrogens (tertiary/aromatic N) is 2. The SMILES string of the molecule is COc1ccc(CN(C)C(=O)CCn2c(=O)oc3ccccc32)cc1F. The normalized spacial score (nSPS) is 10.9. The Morgan fingerprint density at radius 2 is 2.04 bits per heavy atom. The lowest BCUT2D eigenvalue weighted by Gasteiger charge is -2.17. The molecule has 1 amide bonds. The number of halogens is 1. The number of benzene rings is 2. The van der Waals surface area contributed by atoms with E-state index in [9.17, 15) is 14.0 Å². The van der Waals surface area contributed by atoms with Crippen LogP contribution in [0.2, 0.25) is 0 Å². The minimum Gasteiger partial charge on any atom is -0.494 e. The third-order valence-corrected chi connectivity index (χ3v) is 4.18. The molecule has 0 bridgehead atoms. The molecule has 0 aliphatic carbocycles. The van der Waals surface area contributed by atoms with Crippen molar-refractivity contribution in [1.82, 2.24) is 9.47 Å². The molecule has 0 N–H and O–H groups in total. The Morgan fingerprint density at radius 3 is 2.77 bits per heavy atom. The fourth-order valence-electron chi connectivity index (χ4n) is 2.79. The second-order valence-electron chi connectivity index (χ2n) is 5.96. The summed E-state index contributed by atoms with van der Waals surface area (Å²) in [4.78, 5) is 25.8. The number of carbonyl (C=O) groups is 1. The molecule has 0 unspecified atom stereocenters. The predicted molar refractivity (Wildman–Crippen MR) is 94.5 cm³/mol. The van der Waals surface area contributed by atoms with Crippen molar-refractivity contribution in [1.29, 1.82) is 0 Å². The van der Waals surface area contributed by atoms with Crippen LogP contribution in [-0.4, -0.2) is 29.5 Å². The molecule has 0 radical (unpaired) electrons. The largest absolute Gasteiger partial charge is 0.494 e. The van der Waals surface area contributed by atoms with Gasteiger partial charge in [-0.25, -0.2) is 9.18 Å². The molecule has 3 aromatic rings. The van der Waals surface area contributed by atoms with Crippen molar-refractivity contribution in [2.45, 2.75) is 19.5 Å². The van der Waals surface area contributed by atoms with Crippen molar-refractivity contribution >= 4 is 17.0 Å². The van der Waals surface area contributed by atoms with Crippen LogP contribution >= 0.6 is 0 Å². The zero-order chi connectivity index (χ0) is 18.7. The summed E-state index contributed by atoms with van der Waals surface area (Å²) in [5.74, 6) is -0.950. The summed E-state index contributed by atoms with van der Waals surface area (Å²) in [6.07, 6.45) is 0.137. The van der Waals surface area contributed by atoms with E-state index >= 15 is 0 Å². The molecule has 0 saturated heterocycles. The molecule has 6 nitrogen and oxygen atoms in total. The molecule has 0 fully saturated rings. The van der Waals surface area contributed by atoms with Crippen LogP contribution < -0.4 is 10.5 Å². The van der Waals surface area contributed by atoms with Gasteiger partial charge in [-0.05, 0) is 29.8 Å². The van der Waals surface area contributed by atoms with E-state index < -0.39 is 11.6 Å². The van der Waals surface area contributed by atoms with Gasteiger partial charge in [0.25, 0.3) is 0 Å². The van der Waals surface area contributed by atoms with Gasteiger partial charge in [0.2, 0.25) is 5.91 Å². The number of oxazole rings is 1. The first kappa shape index (κ1) is 17.7. The Bertz CT molecular complexity index is 993. The third-order valence-electron chi connectivity index (χ3n) is 4.18. The number of hydrogen-bond donors (Lipinski definition) is 0. The zero-order valence-corrected chi connectivity index (χ0v) is 14.6. The minimum atomic E-state index is -0.487. The van der Waals surface area contributed by atoms with E-state index in [1.54, 1.807) is 37.4 Å². The molecular weight excluding hydrogens is 339 g/mol. The van der Waals surface area contributed by atoms with Crippen molar-refractivity contribution in [3.63, 3.8) is 0 Å². The number of aromatic nitrogens is 1. The summed E-state index contributed by atoms with van der Waals surface area (Å²) < 4.78 is 25.2. The van der Waals surface area contributed by atoms with Gasteiger partial charge in [0, 0.05) is 26.6 Å². The van der Waals surface area contributed by atoms with Crippen LogP contribution in [0.1, 0.15) is 12.0 Å². The molecule has 3 rings (SSSR count). The van der Waals surface area contributed by atoms with Gasteiger partial charge in [0.05, 0.1) is 12.6 Å². The zero-order valence-electron chi connectivity index (χ0n) is 14.6. The monoisotopic (exact) mass is 358 g/mol. The molecule has 0 saturated carbocycles. The molecule has 26 heavy (non-hydrogen) atoms. The lowest BCUT2D eigenvalue weighted by atomic mass is 10.2. The average molecular weight is 358 g/mol. The fourth-order valence-corrected chi connectivity index (χ4v) is 2.79. The van der Waals surface area contributed by atoms with Gasteiger partial charge in [-0.15, -0.1) is 0 Å². The molecule has 0 aliphatic rings. The number of ether oxygens (including phenoxy) is 1. The maximum atomic E-state index is 13.8. The van der Waals surface area contributed by atoms with Crippen LogP contribution in [0, 0.1) is 5.82 Å². The van der Waals surface area contributed by atoms with E-state index in [1.807, 2.05) is 0 Å². The highest BCUT2D eigenvalue weighted by Gasteiger charge is 2.14. The summed E-state index contributed by atoms with van der Waals surface area (Å²) in [5, 5.41) is 0. The second kappa shape index (κ2) is 7.43. The van der Waals surface area contributed by atoms with Crippen molar-refractivity contribution in [2.24, 2.45) is 0 Å². The van der Waals surface area contributed by atoms with E-state index in [0.717, 1.165) is 0 Å². The first-order valence-electron chi connectivity index (χ1n) is 8.14. The molecule has 0 atom stereocenters. The highest BCUT2D eigenvalue weighted by atomic mass is 19.1. The lowest BCUT2D eigenvalue weighted by molar-refractivity contribution is -0.130. The van der Waals surface area contributed by atoms with Gasteiger partial charge in [0.15, 0.2) is 17.1 Å². The maximum Gasteiger partial charge on any atom is 0.419 e. The van der Waals surface area contributed by atoms with Crippen LogP contribution in [0.5, 0.6) is 5.75 Å². The van der Waals surface area contributed by atoms with Gasteiger partial charge in [0.1, 0.15) is 0 Å². The van der Waals surface area contributed by atoms with E-state index in [0.29, 0.717) is 16.7 Å². The van der Waals surface area contributed by atoms with Crippen LogP contribution in [-0.2, 0) is 17.9 Å². The Balaban J connectivity index is 1.65. The molecule has 7 heteroatoms. The first-order valence-corrected chi connectivity index (χ1v) is 8.14. The number of hydrogen-bond acceptors (Lipinski definition) is 4. The van der Waals surface area contributed by atoms with Crippen molar-refractivity contribution in [3.8, 4) is 5.75 Å². The van der Waals surface area contributed by atoms with Crippen LogP contribution in [0.15, 0.2) is 51.7 Å². The summed E-state index contributed by atoms with van der Waals surface area (Å²) in [6, 6.07) is 11.6. The summed E-state index contributed by atoms with van der Waals surface area (Å²) in [6.45, 7) is 0.483. The molecular formula is C19H19FN2O4. The van der Waals surface area contributed by atoms with Gasteiger partial charge in [-0.1, -0.05) is 18.2 Å². The van der Waals surface area contributed by atoms with Gasteiger partial charge >= 0.3 is 5.76 Å². The number of aryl methyl sites for hydroxylation is 1. The summed E-state index contributed by atoms with van der Waals surface area (Å²) >= 11 is 0. The topological polar surface area (TPSA) is 64.7 Å². The molecule has 0 aliphatic heterocycles. The van der Waals surface area contributed by atoms with Crippen LogP contribution in [0.25, 0.3) is 11.1 Å². The molecule has 136 valence electrons. The quantitative estimate of drug-likeness (QED) is 0.680. The predicted octanol–water partition coefficient (Wildman–Crippen LogP) is 2.79. The number of rotatable bonds is 6. The molecule has 2 aromatic carbocycles. The molecule has 1 heterocycles. The van der Waals surface area contributed by atoms with E-state index in [2.05, 4.69) is 0 Å². The van der Waals surface area contributed by atoms with Gasteiger partial charge in [-0.2, -0.15) is 0 Å².